The maximum Gasteiger partial charge on any atom is 0.169 e. The number of nitrogens with one attached hydrogen (secondary N) is 6. The first-order chi connectivity index (χ1) is 38.6. The Balaban J connectivity index is 0.857. The molecular formula is C68H66N6O3S3. The Morgan fingerprint density at radius 1 is 0.475 bits per heavy atom. The molecule has 9 aromatic heterocycles. The fourth-order valence-electron chi connectivity index (χ4n) is 13.1. The van der Waals surface area contributed by atoms with Gasteiger partial charge in [0, 0.05) is 121 Å². The smallest absolute Gasteiger partial charge is 0.169 e. The maximum absolute atomic E-state index is 14.8. The van der Waals surface area contributed by atoms with Crippen LogP contribution in [0.5, 0.6) is 0 Å². The van der Waals surface area contributed by atoms with Crippen molar-refractivity contribution in [3.8, 4) is 0 Å². The Morgan fingerprint density at radius 3 is 1.48 bits per heavy atom. The predicted octanol–water partition coefficient (Wildman–Crippen LogP) is 17.2. The highest BCUT2D eigenvalue weighted by Gasteiger charge is 2.33. The fourth-order valence-corrected chi connectivity index (χ4v) is 16.7. The minimum absolute atomic E-state index is 0.0380. The molecule has 6 N–H and O–H groups in total. The van der Waals surface area contributed by atoms with Crippen LogP contribution in [0.4, 0.5) is 0 Å². The topological polar surface area (TPSA) is 146 Å². The Morgan fingerprint density at radius 2 is 0.950 bits per heavy atom. The monoisotopic (exact) mass is 1110 g/mol. The molecule has 0 radical (unpaired) electrons. The van der Waals surface area contributed by atoms with E-state index >= 15 is 0 Å². The quantitative estimate of drug-likeness (QED) is 0.0476. The summed E-state index contributed by atoms with van der Waals surface area (Å²) in [6, 6.07) is 38.8. The van der Waals surface area contributed by atoms with Crippen LogP contribution in [-0.2, 0) is 25.7 Å². The molecular weight excluding hydrogens is 1040 g/mol. The Bertz CT molecular complexity index is 4270. The Hall–Kier alpha value is -7.77. The van der Waals surface area contributed by atoms with Crippen molar-refractivity contribution in [1.82, 2.24) is 29.9 Å². The number of rotatable bonds is 18. The van der Waals surface area contributed by atoms with Gasteiger partial charge in [0.25, 0.3) is 0 Å². The van der Waals surface area contributed by atoms with Crippen LogP contribution in [-0.4, -0.2) is 47.3 Å². The summed E-state index contributed by atoms with van der Waals surface area (Å²) in [5.41, 5.74) is 19.7. The Labute approximate surface area is 478 Å². The van der Waals surface area contributed by atoms with Gasteiger partial charge in [-0.15, -0.1) is 34.0 Å². The molecule has 0 aliphatic heterocycles. The molecule has 80 heavy (non-hydrogen) atoms. The van der Waals surface area contributed by atoms with Crippen LogP contribution in [0.3, 0.4) is 0 Å². The molecule has 0 bridgehead atoms. The number of aromatic amines is 6. The lowest BCUT2D eigenvalue weighted by Gasteiger charge is -2.17. The van der Waals surface area contributed by atoms with E-state index in [4.69, 9.17) is 0 Å². The van der Waals surface area contributed by atoms with Gasteiger partial charge in [-0.1, -0.05) is 61.5 Å². The highest BCUT2D eigenvalue weighted by molar-refractivity contribution is 7.19. The second-order valence-corrected chi connectivity index (χ2v) is 25.3. The second kappa shape index (κ2) is 21.0. The van der Waals surface area contributed by atoms with E-state index < -0.39 is 0 Å². The first-order valence-corrected chi connectivity index (χ1v) is 30.1. The van der Waals surface area contributed by atoms with Gasteiger partial charge < -0.3 is 29.9 Å². The van der Waals surface area contributed by atoms with E-state index in [1.165, 1.54) is 62.5 Å². The molecule has 9 heterocycles. The summed E-state index contributed by atoms with van der Waals surface area (Å²) in [5.74, 6) is -0.355. The predicted molar refractivity (Wildman–Crippen MR) is 331 cm³/mol. The lowest BCUT2D eigenvalue weighted by atomic mass is 9.91. The first kappa shape index (κ1) is 52.9. The number of carbonyl (C=O) groups excluding carboxylic acids is 3. The van der Waals surface area contributed by atoms with E-state index in [9.17, 15) is 14.4 Å². The van der Waals surface area contributed by atoms with E-state index in [1.807, 2.05) is 38.3 Å². The molecule has 0 saturated carbocycles. The fraction of sp³-hybridized carbons (Fsp3) is 0.250. The Kier molecular flexibility index (Phi) is 13.9. The molecule has 0 spiro atoms. The zero-order chi connectivity index (χ0) is 55.8. The molecule has 12 rings (SSSR count). The van der Waals surface area contributed by atoms with Gasteiger partial charge in [-0.05, 0) is 186 Å². The molecule has 0 saturated heterocycles. The number of hydrogen-bond acceptors (Lipinski definition) is 6. The van der Waals surface area contributed by atoms with Crippen molar-refractivity contribution in [2.75, 3.05) is 0 Å². The third kappa shape index (κ3) is 9.30. The SMILES string of the molecule is CCc1c(C)[nH]c(C(c2cc3ccccc3s2)c2[nH]c(CCc3ccc(C(c4cc5ccccc5s4)c4[nH]c(C)c(C(=O)Cc5c[nH]c(C(c6cc7ccccc7s6)c6[nH]c(C)c(C(C)=O)c6C)c5)c4C)[nH]3)c(C(C)=O)c2C)c1C. The van der Waals surface area contributed by atoms with Crippen molar-refractivity contribution in [3.05, 3.63) is 243 Å². The lowest BCUT2D eigenvalue weighted by molar-refractivity contribution is 0.0987. The van der Waals surface area contributed by atoms with E-state index in [2.05, 4.69) is 174 Å². The van der Waals surface area contributed by atoms with Crippen LogP contribution in [0.15, 0.2) is 115 Å². The van der Waals surface area contributed by atoms with Crippen molar-refractivity contribution in [2.24, 2.45) is 0 Å². The second-order valence-electron chi connectivity index (χ2n) is 21.9. The third-order valence-electron chi connectivity index (χ3n) is 16.8. The van der Waals surface area contributed by atoms with Gasteiger partial charge in [0.2, 0.25) is 0 Å². The molecule has 3 atom stereocenters. The molecule has 0 aliphatic rings. The molecule has 404 valence electrons. The summed E-state index contributed by atoms with van der Waals surface area (Å²) >= 11 is 5.35. The highest BCUT2D eigenvalue weighted by Crippen LogP contribution is 2.45. The minimum Gasteiger partial charge on any atom is -0.364 e. The van der Waals surface area contributed by atoms with Gasteiger partial charge in [0.1, 0.15) is 0 Å². The molecule has 3 unspecified atom stereocenters. The zero-order valence-corrected chi connectivity index (χ0v) is 49.4. The van der Waals surface area contributed by atoms with Crippen LogP contribution in [0.2, 0.25) is 0 Å². The summed E-state index contributed by atoms with van der Waals surface area (Å²) < 4.78 is 3.64. The lowest BCUT2D eigenvalue weighted by Crippen LogP contribution is -2.08. The van der Waals surface area contributed by atoms with Gasteiger partial charge in [-0.2, -0.15) is 0 Å². The summed E-state index contributed by atoms with van der Waals surface area (Å²) in [5, 5.41) is 3.57. The molecule has 9 nitrogen and oxygen atoms in total. The molecule has 0 aliphatic carbocycles. The number of fused-ring (bicyclic) bond motifs is 3. The van der Waals surface area contributed by atoms with Crippen molar-refractivity contribution in [2.45, 2.75) is 113 Å². The van der Waals surface area contributed by atoms with E-state index in [1.54, 1.807) is 36.5 Å². The van der Waals surface area contributed by atoms with Crippen molar-refractivity contribution < 1.29 is 14.4 Å². The number of aromatic nitrogens is 6. The number of Topliss-reactive ketones (excluding diaryl/α,β-unsaturated/α-hetero) is 3. The summed E-state index contributed by atoms with van der Waals surface area (Å²) in [4.78, 5) is 67.5. The van der Waals surface area contributed by atoms with Crippen LogP contribution in [0, 0.1) is 48.5 Å². The van der Waals surface area contributed by atoms with E-state index in [0.717, 1.165) is 95.9 Å². The highest BCUT2D eigenvalue weighted by atomic mass is 32.1. The minimum atomic E-state index is -0.204. The molecule has 0 fully saturated rings. The van der Waals surface area contributed by atoms with Gasteiger partial charge >= 0.3 is 0 Å². The first-order valence-electron chi connectivity index (χ1n) is 27.7. The number of aryl methyl sites for hydroxylation is 5. The van der Waals surface area contributed by atoms with Crippen LogP contribution in [0.1, 0.15) is 180 Å². The van der Waals surface area contributed by atoms with Crippen molar-refractivity contribution >= 4 is 81.6 Å². The van der Waals surface area contributed by atoms with Gasteiger partial charge in [-0.25, -0.2) is 0 Å². The van der Waals surface area contributed by atoms with Crippen molar-refractivity contribution in [3.63, 3.8) is 0 Å². The largest absolute Gasteiger partial charge is 0.364 e. The van der Waals surface area contributed by atoms with Gasteiger partial charge in [0.05, 0.1) is 17.8 Å². The number of thiophene rings is 3. The van der Waals surface area contributed by atoms with Crippen molar-refractivity contribution in [1.29, 1.82) is 0 Å². The third-order valence-corrected chi connectivity index (χ3v) is 20.3. The van der Waals surface area contributed by atoms with Crippen LogP contribution < -0.4 is 0 Å². The summed E-state index contributed by atoms with van der Waals surface area (Å²) in [7, 11) is 0. The number of hydrogen-bond donors (Lipinski definition) is 6. The average Bonchev–Trinajstić information content (AvgIpc) is 4.45. The zero-order valence-electron chi connectivity index (χ0n) is 47.0. The van der Waals surface area contributed by atoms with Gasteiger partial charge in [0.15, 0.2) is 17.3 Å². The normalized spacial score (nSPS) is 13.1. The maximum atomic E-state index is 14.8. The standard InChI is InChI=1S/C68H66N6O3S3/c1-11-48-34(2)65(70-38(48)6)64(58-32-46-20-14-17-23-55(46)80-58)68-37(5)61(42(10)76)49(74-68)26-24-47-25-27-50(73-47)62(56-30-44-18-12-15-21-53(44)78-56)67-36(4)60(40(8)72-67)52(77)29-43-28-51(69-33-43)63(57-31-45-19-13-16-22-54(45)79-57)66-35(3)59(41(9)75)39(7)71-66/h12-23,25,27-28,30-33,62-64,69-74H,11,24,26,29H2,1-10H3. The number of ketones is 3. The number of benzene rings is 3. The summed E-state index contributed by atoms with van der Waals surface area (Å²) in [6.45, 7) is 20.1. The number of H-pyrrole nitrogens is 6. The molecule has 3 aromatic carbocycles. The molecule has 12 aromatic rings. The van der Waals surface area contributed by atoms with E-state index in [0.29, 0.717) is 18.4 Å². The van der Waals surface area contributed by atoms with E-state index in [-0.39, 0.29) is 41.5 Å². The molecule has 0 amide bonds. The van der Waals surface area contributed by atoms with Crippen LogP contribution in [0.25, 0.3) is 30.3 Å². The average molecular weight is 1110 g/mol. The number of carbonyl (C=O) groups is 3. The van der Waals surface area contributed by atoms with Gasteiger partial charge in [-0.3, -0.25) is 14.4 Å². The molecule has 12 heteroatoms. The summed E-state index contributed by atoms with van der Waals surface area (Å²) in [6.07, 6.45) is 4.45. The van der Waals surface area contributed by atoms with Crippen LogP contribution >= 0.6 is 34.0 Å².